The molecule has 0 bridgehead atoms. The van der Waals surface area contributed by atoms with Crippen LogP contribution < -0.4 is 5.32 Å². The molecule has 1 aliphatic rings. The second-order valence-corrected chi connectivity index (χ2v) is 8.25. The summed E-state index contributed by atoms with van der Waals surface area (Å²) in [6.07, 6.45) is 4.93. The molecule has 1 aliphatic carbocycles. The molecule has 122 valence electrons. The van der Waals surface area contributed by atoms with Crippen molar-refractivity contribution in [3.8, 4) is 0 Å². The van der Waals surface area contributed by atoms with Crippen LogP contribution in [-0.2, 0) is 0 Å². The molecule has 23 heavy (non-hydrogen) atoms. The van der Waals surface area contributed by atoms with E-state index in [1.807, 2.05) is 30.3 Å². The van der Waals surface area contributed by atoms with E-state index in [2.05, 4.69) is 38.2 Å². The standard InChI is InChI=1S/C21H27NO/c1-20(2)11-6-12-21(3,14-20)15-22-19(23)18-10-9-16-7-4-5-8-17(16)13-18/h4-5,7-10,13H,6,11-12,14-15H2,1-3H3,(H,22,23). The third-order valence-electron chi connectivity index (χ3n) is 5.23. The van der Waals surface area contributed by atoms with Gasteiger partial charge < -0.3 is 5.32 Å². The summed E-state index contributed by atoms with van der Waals surface area (Å²) in [6, 6.07) is 14.1. The monoisotopic (exact) mass is 309 g/mol. The summed E-state index contributed by atoms with van der Waals surface area (Å²) in [5.41, 5.74) is 1.36. The number of carbonyl (C=O) groups is 1. The second-order valence-electron chi connectivity index (χ2n) is 8.25. The van der Waals surface area contributed by atoms with Crippen LogP contribution in [0.1, 0.15) is 56.8 Å². The predicted molar refractivity (Wildman–Crippen MR) is 96.6 cm³/mol. The highest BCUT2D eigenvalue weighted by molar-refractivity contribution is 5.98. The van der Waals surface area contributed by atoms with Gasteiger partial charge in [-0.1, -0.05) is 57.5 Å². The van der Waals surface area contributed by atoms with Gasteiger partial charge in [0.1, 0.15) is 0 Å². The molecular weight excluding hydrogens is 282 g/mol. The van der Waals surface area contributed by atoms with Gasteiger partial charge in [0.15, 0.2) is 0 Å². The molecule has 2 aromatic carbocycles. The topological polar surface area (TPSA) is 29.1 Å². The summed E-state index contributed by atoms with van der Waals surface area (Å²) >= 11 is 0. The first-order valence-corrected chi connectivity index (χ1v) is 8.64. The Hall–Kier alpha value is -1.83. The Morgan fingerprint density at radius 1 is 1.04 bits per heavy atom. The first kappa shape index (κ1) is 16.0. The van der Waals surface area contributed by atoms with Crippen molar-refractivity contribution in [2.24, 2.45) is 10.8 Å². The Kier molecular flexibility index (Phi) is 4.18. The Balaban J connectivity index is 1.68. The highest BCUT2D eigenvalue weighted by Gasteiger charge is 2.36. The Bertz CT molecular complexity index is 719. The number of hydrogen-bond donors (Lipinski definition) is 1. The van der Waals surface area contributed by atoms with Crippen molar-refractivity contribution >= 4 is 16.7 Å². The van der Waals surface area contributed by atoms with Crippen LogP contribution in [0.25, 0.3) is 10.8 Å². The normalized spacial score (nSPS) is 23.6. The van der Waals surface area contributed by atoms with E-state index in [0.717, 1.165) is 17.5 Å². The third-order valence-corrected chi connectivity index (χ3v) is 5.23. The largest absolute Gasteiger partial charge is 0.351 e. The molecule has 0 aromatic heterocycles. The van der Waals surface area contributed by atoms with Crippen molar-refractivity contribution in [1.82, 2.24) is 5.32 Å². The van der Waals surface area contributed by atoms with Crippen LogP contribution in [0.3, 0.4) is 0 Å². The molecule has 0 spiro atoms. The van der Waals surface area contributed by atoms with Gasteiger partial charge in [0.25, 0.3) is 5.91 Å². The quantitative estimate of drug-likeness (QED) is 0.832. The zero-order chi connectivity index (χ0) is 16.5. The Morgan fingerprint density at radius 3 is 2.52 bits per heavy atom. The minimum absolute atomic E-state index is 0.0420. The van der Waals surface area contributed by atoms with Gasteiger partial charge in [0.2, 0.25) is 0 Å². The summed E-state index contributed by atoms with van der Waals surface area (Å²) in [7, 11) is 0. The van der Waals surface area contributed by atoms with Gasteiger partial charge in [-0.05, 0) is 53.0 Å². The van der Waals surface area contributed by atoms with Gasteiger partial charge in [-0.2, -0.15) is 0 Å². The fraction of sp³-hybridized carbons (Fsp3) is 0.476. The lowest BCUT2D eigenvalue weighted by molar-refractivity contribution is 0.0805. The van der Waals surface area contributed by atoms with Gasteiger partial charge >= 0.3 is 0 Å². The first-order chi connectivity index (χ1) is 10.9. The van der Waals surface area contributed by atoms with E-state index >= 15 is 0 Å². The number of rotatable bonds is 3. The van der Waals surface area contributed by atoms with Crippen molar-refractivity contribution in [2.45, 2.75) is 46.5 Å². The summed E-state index contributed by atoms with van der Waals surface area (Å²) in [6.45, 7) is 7.77. The van der Waals surface area contributed by atoms with Crippen LogP contribution in [-0.4, -0.2) is 12.5 Å². The highest BCUT2D eigenvalue weighted by atomic mass is 16.1. The van der Waals surface area contributed by atoms with E-state index in [9.17, 15) is 4.79 Å². The predicted octanol–water partition coefficient (Wildman–Crippen LogP) is 5.18. The van der Waals surface area contributed by atoms with E-state index in [-0.39, 0.29) is 11.3 Å². The summed E-state index contributed by atoms with van der Waals surface area (Å²) in [4.78, 5) is 12.5. The third kappa shape index (κ3) is 3.74. The second kappa shape index (κ2) is 5.99. The summed E-state index contributed by atoms with van der Waals surface area (Å²) in [5.74, 6) is 0.0420. The zero-order valence-electron chi connectivity index (χ0n) is 14.5. The number of benzene rings is 2. The van der Waals surface area contributed by atoms with Crippen molar-refractivity contribution in [3.63, 3.8) is 0 Å². The molecule has 1 saturated carbocycles. The van der Waals surface area contributed by atoms with Crippen LogP contribution in [0.5, 0.6) is 0 Å². The van der Waals surface area contributed by atoms with Crippen LogP contribution in [0.4, 0.5) is 0 Å². The molecule has 0 heterocycles. The van der Waals surface area contributed by atoms with Crippen molar-refractivity contribution < 1.29 is 4.79 Å². The summed E-state index contributed by atoms with van der Waals surface area (Å²) in [5, 5.41) is 5.46. The van der Waals surface area contributed by atoms with Crippen LogP contribution in [0.2, 0.25) is 0 Å². The van der Waals surface area contributed by atoms with Crippen molar-refractivity contribution in [2.75, 3.05) is 6.54 Å². The maximum atomic E-state index is 12.5. The minimum atomic E-state index is 0.0420. The average Bonchev–Trinajstić information content (AvgIpc) is 2.51. The van der Waals surface area contributed by atoms with E-state index in [1.165, 1.54) is 31.1 Å². The van der Waals surface area contributed by atoms with E-state index < -0.39 is 0 Å². The van der Waals surface area contributed by atoms with E-state index in [0.29, 0.717) is 5.41 Å². The van der Waals surface area contributed by atoms with Crippen LogP contribution in [0, 0.1) is 10.8 Å². The number of fused-ring (bicyclic) bond motifs is 1. The molecule has 2 aromatic rings. The molecule has 2 heteroatoms. The number of carbonyl (C=O) groups excluding carboxylic acids is 1. The maximum Gasteiger partial charge on any atom is 0.251 e. The highest BCUT2D eigenvalue weighted by Crippen LogP contribution is 2.45. The van der Waals surface area contributed by atoms with Crippen molar-refractivity contribution in [3.05, 3.63) is 48.0 Å². The molecule has 1 amide bonds. The number of amides is 1. The lowest BCUT2D eigenvalue weighted by Gasteiger charge is -2.43. The molecule has 1 N–H and O–H groups in total. The van der Waals surface area contributed by atoms with Gasteiger partial charge in [-0.15, -0.1) is 0 Å². The van der Waals surface area contributed by atoms with Gasteiger partial charge in [-0.25, -0.2) is 0 Å². The molecule has 2 nitrogen and oxygen atoms in total. The fourth-order valence-corrected chi connectivity index (χ4v) is 4.20. The molecule has 1 fully saturated rings. The maximum absolute atomic E-state index is 12.5. The molecule has 1 atom stereocenters. The fourth-order valence-electron chi connectivity index (χ4n) is 4.20. The minimum Gasteiger partial charge on any atom is -0.351 e. The lowest BCUT2D eigenvalue weighted by atomic mass is 9.64. The van der Waals surface area contributed by atoms with Crippen LogP contribution in [0.15, 0.2) is 42.5 Å². The first-order valence-electron chi connectivity index (χ1n) is 8.64. The number of nitrogens with one attached hydrogen (secondary N) is 1. The zero-order valence-corrected chi connectivity index (χ0v) is 14.5. The molecule has 0 aliphatic heterocycles. The Labute approximate surface area is 139 Å². The molecule has 0 saturated heterocycles. The molecular formula is C21H27NO. The van der Waals surface area contributed by atoms with Gasteiger partial charge in [0, 0.05) is 12.1 Å². The van der Waals surface area contributed by atoms with Gasteiger partial charge in [-0.3, -0.25) is 4.79 Å². The van der Waals surface area contributed by atoms with Crippen LogP contribution >= 0.6 is 0 Å². The van der Waals surface area contributed by atoms with Crippen molar-refractivity contribution in [1.29, 1.82) is 0 Å². The van der Waals surface area contributed by atoms with E-state index in [4.69, 9.17) is 0 Å². The summed E-state index contributed by atoms with van der Waals surface area (Å²) < 4.78 is 0. The van der Waals surface area contributed by atoms with Gasteiger partial charge in [0.05, 0.1) is 0 Å². The number of hydrogen-bond acceptors (Lipinski definition) is 1. The Morgan fingerprint density at radius 2 is 1.78 bits per heavy atom. The smallest absolute Gasteiger partial charge is 0.251 e. The average molecular weight is 309 g/mol. The molecule has 3 rings (SSSR count). The lowest BCUT2D eigenvalue weighted by Crippen LogP contribution is -2.41. The molecule has 1 unspecified atom stereocenters. The SMILES string of the molecule is CC1(C)CCCC(C)(CNC(=O)c2ccc3ccccc3c2)C1. The van der Waals surface area contributed by atoms with E-state index in [1.54, 1.807) is 0 Å². The molecule has 0 radical (unpaired) electrons.